The zero-order valence-electron chi connectivity index (χ0n) is 9.87. The molecule has 15 heavy (non-hydrogen) atoms. The molecule has 0 heterocycles. The summed E-state index contributed by atoms with van der Waals surface area (Å²) < 4.78 is 4.49. The van der Waals surface area contributed by atoms with Gasteiger partial charge in [0.25, 0.3) is 0 Å². The molecule has 0 aliphatic carbocycles. The molecule has 0 aromatic rings. The van der Waals surface area contributed by atoms with Gasteiger partial charge in [-0.3, -0.25) is 0 Å². The summed E-state index contributed by atoms with van der Waals surface area (Å²) in [7, 11) is 1.40. The van der Waals surface area contributed by atoms with E-state index in [1.54, 1.807) is 0 Å². The van der Waals surface area contributed by atoms with E-state index >= 15 is 0 Å². The molecule has 0 saturated carbocycles. The zero-order chi connectivity index (χ0) is 11.4. The number of rotatable bonds is 8. The van der Waals surface area contributed by atoms with Crippen LogP contribution in [0.5, 0.6) is 0 Å². The molecule has 0 saturated heterocycles. The summed E-state index contributed by atoms with van der Waals surface area (Å²) in [4.78, 5) is 10.7. The fourth-order valence-corrected chi connectivity index (χ4v) is 1.23. The Morgan fingerprint density at radius 2 is 1.73 bits per heavy atom. The van der Waals surface area contributed by atoms with E-state index < -0.39 is 0 Å². The fraction of sp³-hybridized carbons (Fsp3) is 0.615. The van der Waals surface area contributed by atoms with Crippen LogP contribution >= 0.6 is 0 Å². The van der Waals surface area contributed by atoms with Gasteiger partial charge in [0.1, 0.15) is 0 Å². The van der Waals surface area contributed by atoms with Gasteiger partial charge in [-0.2, -0.15) is 0 Å². The van der Waals surface area contributed by atoms with Gasteiger partial charge in [-0.15, -0.1) is 0 Å². The highest BCUT2D eigenvalue weighted by atomic mass is 16.5. The normalized spacial score (nSPS) is 11.3. The van der Waals surface area contributed by atoms with Crippen molar-refractivity contribution in [1.29, 1.82) is 0 Å². The van der Waals surface area contributed by atoms with Crippen molar-refractivity contribution in [3.63, 3.8) is 0 Å². The van der Waals surface area contributed by atoms with Gasteiger partial charge in [-0.05, 0) is 32.1 Å². The minimum absolute atomic E-state index is 0.263. The Morgan fingerprint density at radius 1 is 1.07 bits per heavy atom. The van der Waals surface area contributed by atoms with Crippen molar-refractivity contribution < 1.29 is 9.53 Å². The van der Waals surface area contributed by atoms with Crippen LogP contribution in [0.2, 0.25) is 0 Å². The van der Waals surface area contributed by atoms with Crippen molar-refractivity contribution in [2.24, 2.45) is 0 Å². The molecule has 0 spiro atoms. The third-order valence-corrected chi connectivity index (χ3v) is 2.10. The minimum Gasteiger partial charge on any atom is -0.466 e. The molecule has 0 amide bonds. The summed E-state index contributed by atoms with van der Waals surface area (Å²) in [6.07, 6.45) is 14.7. The summed E-state index contributed by atoms with van der Waals surface area (Å²) >= 11 is 0. The lowest BCUT2D eigenvalue weighted by Crippen LogP contribution is -1.93. The number of methoxy groups -OCH3 is 1. The predicted octanol–water partition coefficient (Wildman–Crippen LogP) is 3.63. The first-order chi connectivity index (χ1) is 7.31. The molecule has 0 aliphatic heterocycles. The second-order valence-corrected chi connectivity index (χ2v) is 3.44. The molecule has 0 aliphatic rings. The fourth-order valence-electron chi connectivity index (χ4n) is 1.23. The van der Waals surface area contributed by atoms with Gasteiger partial charge in [-0.1, -0.05) is 31.6 Å². The van der Waals surface area contributed by atoms with Gasteiger partial charge in [0.15, 0.2) is 0 Å². The van der Waals surface area contributed by atoms with Gasteiger partial charge in [0, 0.05) is 6.08 Å². The Bertz CT molecular complexity index is 205. The maximum absolute atomic E-state index is 10.7. The van der Waals surface area contributed by atoms with Crippen LogP contribution in [-0.4, -0.2) is 13.1 Å². The van der Waals surface area contributed by atoms with Crippen LogP contribution in [0, 0.1) is 0 Å². The van der Waals surface area contributed by atoms with Crippen LogP contribution in [0.25, 0.3) is 0 Å². The van der Waals surface area contributed by atoms with Gasteiger partial charge in [-0.25, -0.2) is 4.79 Å². The number of hydrogen-bond acceptors (Lipinski definition) is 2. The van der Waals surface area contributed by atoms with E-state index in [2.05, 4.69) is 23.8 Å². The lowest BCUT2D eigenvalue weighted by Gasteiger charge is -1.95. The van der Waals surface area contributed by atoms with Crippen molar-refractivity contribution in [2.45, 2.75) is 45.4 Å². The van der Waals surface area contributed by atoms with Crippen LogP contribution in [0.3, 0.4) is 0 Å². The van der Waals surface area contributed by atoms with Crippen molar-refractivity contribution in [3.8, 4) is 0 Å². The highest BCUT2D eigenvalue weighted by Gasteiger charge is 1.90. The Kier molecular flexibility index (Phi) is 10.3. The van der Waals surface area contributed by atoms with Gasteiger partial charge in [0.2, 0.25) is 0 Å². The SMILES string of the molecule is CC/C=C/CCCCC/C=C/C(=O)OC. The van der Waals surface area contributed by atoms with Crippen LogP contribution < -0.4 is 0 Å². The van der Waals surface area contributed by atoms with E-state index in [0.29, 0.717) is 0 Å². The van der Waals surface area contributed by atoms with E-state index in [-0.39, 0.29) is 5.97 Å². The molecular weight excluding hydrogens is 188 g/mol. The van der Waals surface area contributed by atoms with Crippen molar-refractivity contribution in [2.75, 3.05) is 7.11 Å². The molecule has 0 unspecified atom stereocenters. The number of carbonyl (C=O) groups excluding carboxylic acids is 1. The number of hydrogen-bond donors (Lipinski definition) is 0. The first-order valence-electron chi connectivity index (χ1n) is 5.70. The average Bonchev–Trinajstić information content (AvgIpc) is 2.26. The second-order valence-electron chi connectivity index (χ2n) is 3.44. The lowest BCUT2D eigenvalue weighted by molar-refractivity contribution is -0.134. The molecule has 0 bridgehead atoms. The molecule has 0 atom stereocenters. The minimum atomic E-state index is -0.263. The van der Waals surface area contributed by atoms with Gasteiger partial charge >= 0.3 is 5.97 Å². The van der Waals surface area contributed by atoms with Crippen LogP contribution in [0.15, 0.2) is 24.3 Å². The van der Waals surface area contributed by atoms with Crippen LogP contribution in [0.4, 0.5) is 0 Å². The Balaban J connectivity index is 3.21. The summed E-state index contributed by atoms with van der Waals surface area (Å²) in [5.74, 6) is -0.263. The van der Waals surface area contributed by atoms with E-state index in [4.69, 9.17) is 0 Å². The molecule has 2 heteroatoms. The second kappa shape index (κ2) is 11.0. The quantitative estimate of drug-likeness (QED) is 0.265. The van der Waals surface area contributed by atoms with Crippen LogP contribution in [-0.2, 0) is 9.53 Å². The standard InChI is InChI=1S/C13H22O2/c1-3-4-5-6-7-8-9-10-11-12-13(14)15-2/h4-5,11-12H,3,6-10H2,1-2H3/b5-4+,12-11+. The molecule has 0 N–H and O–H groups in total. The zero-order valence-corrected chi connectivity index (χ0v) is 9.87. The smallest absolute Gasteiger partial charge is 0.330 e. The van der Waals surface area contributed by atoms with Crippen LogP contribution in [0.1, 0.15) is 45.4 Å². The number of carbonyl (C=O) groups is 1. The number of allylic oxidation sites excluding steroid dienone is 3. The Hall–Kier alpha value is -1.05. The lowest BCUT2D eigenvalue weighted by atomic mass is 10.1. The maximum atomic E-state index is 10.7. The van der Waals surface area contributed by atoms with Crippen molar-refractivity contribution >= 4 is 5.97 Å². The molecule has 0 aromatic heterocycles. The predicted molar refractivity (Wildman–Crippen MR) is 63.7 cm³/mol. The topological polar surface area (TPSA) is 26.3 Å². The third kappa shape index (κ3) is 10.9. The summed E-state index contributed by atoms with van der Waals surface area (Å²) in [5.41, 5.74) is 0. The maximum Gasteiger partial charge on any atom is 0.330 e. The summed E-state index contributed by atoms with van der Waals surface area (Å²) in [6, 6.07) is 0. The summed E-state index contributed by atoms with van der Waals surface area (Å²) in [6.45, 7) is 2.15. The van der Waals surface area contributed by atoms with Crippen molar-refractivity contribution in [1.82, 2.24) is 0 Å². The van der Waals surface area contributed by atoms with E-state index in [1.165, 1.54) is 32.4 Å². The third-order valence-electron chi connectivity index (χ3n) is 2.10. The highest BCUT2D eigenvalue weighted by Crippen LogP contribution is 2.04. The van der Waals surface area contributed by atoms with E-state index in [9.17, 15) is 4.79 Å². The average molecular weight is 210 g/mol. The number of ether oxygens (including phenoxy) is 1. The molecule has 0 aromatic carbocycles. The first-order valence-corrected chi connectivity index (χ1v) is 5.70. The van der Waals surface area contributed by atoms with E-state index in [1.807, 2.05) is 6.08 Å². The highest BCUT2D eigenvalue weighted by molar-refractivity contribution is 5.81. The Morgan fingerprint density at radius 3 is 2.33 bits per heavy atom. The molecule has 0 fully saturated rings. The van der Waals surface area contributed by atoms with Crippen molar-refractivity contribution in [3.05, 3.63) is 24.3 Å². The first kappa shape index (κ1) is 13.9. The van der Waals surface area contributed by atoms with Gasteiger partial charge in [0.05, 0.1) is 7.11 Å². The van der Waals surface area contributed by atoms with E-state index in [0.717, 1.165) is 19.3 Å². The molecule has 0 rings (SSSR count). The number of esters is 1. The Labute approximate surface area is 93.0 Å². The summed E-state index contributed by atoms with van der Waals surface area (Å²) in [5, 5.41) is 0. The van der Waals surface area contributed by atoms with Gasteiger partial charge < -0.3 is 4.74 Å². The molecule has 2 nitrogen and oxygen atoms in total. The number of unbranched alkanes of at least 4 members (excludes halogenated alkanes) is 4. The molecule has 86 valence electrons. The largest absolute Gasteiger partial charge is 0.466 e. The monoisotopic (exact) mass is 210 g/mol. The molecule has 0 radical (unpaired) electrons. The molecular formula is C13H22O2.